The second-order valence-corrected chi connectivity index (χ2v) is 5.97. The Kier molecular flexibility index (Phi) is 5.74. The Bertz CT molecular complexity index is 450. The minimum atomic E-state index is -0.880. The molecule has 1 rings (SSSR count). The van der Waals surface area contributed by atoms with Crippen LogP contribution in [-0.4, -0.2) is 32.9 Å². The van der Waals surface area contributed by atoms with E-state index in [1.807, 2.05) is 19.9 Å². The number of aryl methyl sites for hydroxylation is 2. The van der Waals surface area contributed by atoms with Gasteiger partial charge in [-0.1, -0.05) is 20.8 Å². The fourth-order valence-corrected chi connectivity index (χ4v) is 2.38. The van der Waals surface area contributed by atoms with Crippen molar-refractivity contribution in [3.63, 3.8) is 0 Å². The van der Waals surface area contributed by atoms with Gasteiger partial charge >= 0.3 is 0 Å². The second-order valence-electron chi connectivity index (χ2n) is 5.97. The van der Waals surface area contributed by atoms with E-state index < -0.39 is 5.60 Å². The molecule has 1 atom stereocenters. The molecule has 0 radical (unpaired) electrons. The Morgan fingerprint density at radius 2 is 2.15 bits per heavy atom. The Morgan fingerprint density at radius 3 is 2.65 bits per heavy atom. The molecule has 0 saturated heterocycles. The third kappa shape index (κ3) is 4.63. The Labute approximate surface area is 121 Å². The molecule has 1 aromatic rings. The van der Waals surface area contributed by atoms with Gasteiger partial charge in [0.15, 0.2) is 0 Å². The number of amides is 1. The molecule has 5 nitrogen and oxygen atoms in total. The Morgan fingerprint density at radius 1 is 1.50 bits per heavy atom. The molecule has 1 amide bonds. The predicted octanol–water partition coefficient (Wildman–Crippen LogP) is 1.99. The van der Waals surface area contributed by atoms with Gasteiger partial charge in [0.2, 0.25) is 0 Å². The van der Waals surface area contributed by atoms with Crippen LogP contribution in [0.2, 0.25) is 0 Å². The summed E-state index contributed by atoms with van der Waals surface area (Å²) in [5, 5.41) is 17.4. The van der Waals surface area contributed by atoms with Crippen LogP contribution in [0.4, 0.5) is 0 Å². The van der Waals surface area contributed by atoms with Crippen LogP contribution in [0.1, 0.15) is 57.2 Å². The molecule has 20 heavy (non-hydrogen) atoms. The predicted molar refractivity (Wildman–Crippen MR) is 79.7 cm³/mol. The van der Waals surface area contributed by atoms with Gasteiger partial charge in [0, 0.05) is 13.1 Å². The summed E-state index contributed by atoms with van der Waals surface area (Å²) >= 11 is 0. The smallest absolute Gasteiger partial charge is 0.269 e. The fraction of sp³-hybridized carbons (Fsp3) is 0.733. The van der Waals surface area contributed by atoms with Gasteiger partial charge in [-0.2, -0.15) is 5.10 Å². The molecule has 0 aliphatic heterocycles. The highest BCUT2D eigenvalue weighted by Crippen LogP contribution is 2.15. The summed E-state index contributed by atoms with van der Waals surface area (Å²) in [6, 6.07) is 1.82. The molecule has 1 aromatic heterocycles. The number of rotatable bonds is 7. The van der Waals surface area contributed by atoms with Gasteiger partial charge in [0.25, 0.3) is 5.91 Å². The Hall–Kier alpha value is -1.36. The monoisotopic (exact) mass is 281 g/mol. The molecular weight excluding hydrogens is 254 g/mol. The largest absolute Gasteiger partial charge is 0.388 e. The average molecular weight is 281 g/mol. The van der Waals surface area contributed by atoms with Crippen LogP contribution in [0.25, 0.3) is 0 Å². The molecule has 0 fully saturated rings. The lowest BCUT2D eigenvalue weighted by Crippen LogP contribution is -2.42. The number of carbonyl (C=O) groups excluding carboxylic acids is 1. The van der Waals surface area contributed by atoms with E-state index in [1.54, 1.807) is 11.6 Å². The first-order valence-corrected chi connectivity index (χ1v) is 7.36. The maximum atomic E-state index is 12.2. The van der Waals surface area contributed by atoms with E-state index in [4.69, 9.17) is 0 Å². The molecule has 1 heterocycles. The molecule has 0 spiro atoms. The van der Waals surface area contributed by atoms with Crippen molar-refractivity contribution in [3.05, 3.63) is 17.5 Å². The maximum Gasteiger partial charge on any atom is 0.269 e. The van der Waals surface area contributed by atoms with Crippen molar-refractivity contribution in [2.24, 2.45) is 5.92 Å². The second kappa shape index (κ2) is 6.88. The summed E-state index contributed by atoms with van der Waals surface area (Å²) in [5.41, 5.74) is 0.588. The van der Waals surface area contributed by atoms with Crippen molar-refractivity contribution in [1.29, 1.82) is 0 Å². The van der Waals surface area contributed by atoms with Crippen molar-refractivity contribution in [2.45, 2.75) is 59.6 Å². The van der Waals surface area contributed by atoms with Gasteiger partial charge in [-0.15, -0.1) is 0 Å². The quantitative estimate of drug-likeness (QED) is 0.803. The molecular formula is C15H27N3O2. The van der Waals surface area contributed by atoms with Crippen molar-refractivity contribution in [2.75, 3.05) is 6.54 Å². The van der Waals surface area contributed by atoms with Gasteiger partial charge in [0.1, 0.15) is 5.69 Å². The van der Waals surface area contributed by atoms with Crippen molar-refractivity contribution in [1.82, 2.24) is 15.1 Å². The first-order valence-electron chi connectivity index (χ1n) is 7.36. The normalized spacial score (nSPS) is 14.3. The molecule has 114 valence electrons. The molecule has 0 aliphatic rings. The van der Waals surface area contributed by atoms with Gasteiger partial charge in [0.05, 0.1) is 11.3 Å². The standard InChI is InChI=1S/C15H27N3O2/c1-6-12-8-13(18(7-2)17-12)14(19)16-10-15(5,20)9-11(3)4/h8,11,20H,6-7,9-10H2,1-5H3,(H,16,19). The molecule has 0 bridgehead atoms. The number of hydrogen-bond acceptors (Lipinski definition) is 3. The highest BCUT2D eigenvalue weighted by atomic mass is 16.3. The first kappa shape index (κ1) is 16.7. The average Bonchev–Trinajstić information content (AvgIpc) is 2.77. The van der Waals surface area contributed by atoms with Crippen LogP contribution in [-0.2, 0) is 13.0 Å². The zero-order valence-corrected chi connectivity index (χ0v) is 13.2. The number of nitrogens with one attached hydrogen (secondary N) is 1. The summed E-state index contributed by atoms with van der Waals surface area (Å²) < 4.78 is 1.70. The van der Waals surface area contributed by atoms with Crippen molar-refractivity contribution >= 4 is 5.91 Å². The zero-order valence-electron chi connectivity index (χ0n) is 13.2. The molecule has 0 aliphatic carbocycles. The third-order valence-electron chi connectivity index (χ3n) is 3.20. The number of carbonyl (C=O) groups is 1. The highest BCUT2D eigenvalue weighted by molar-refractivity contribution is 5.92. The van der Waals surface area contributed by atoms with Crippen LogP contribution in [0.15, 0.2) is 6.07 Å². The minimum Gasteiger partial charge on any atom is -0.388 e. The topological polar surface area (TPSA) is 67.2 Å². The molecule has 2 N–H and O–H groups in total. The number of hydrogen-bond donors (Lipinski definition) is 2. The Balaban J connectivity index is 2.69. The molecule has 5 heteroatoms. The summed E-state index contributed by atoms with van der Waals surface area (Å²) in [6.07, 6.45) is 1.46. The van der Waals surface area contributed by atoms with Crippen LogP contribution >= 0.6 is 0 Å². The van der Waals surface area contributed by atoms with E-state index in [9.17, 15) is 9.90 Å². The van der Waals surface area contributed by atoms with Gasteiger partial charge in [-0.3, -0.25) is 9.48 Å². The summed E-state index contributed by atoms with van der Waals surface area (Å²) in [4.78, 5) is 12.2. The molecule has 1 unspecified atom stereocenters. The first-order chi connectivity index (χ1) is 9.29. The van der Waals surface area contributed by atoms with Crippen LogP contribution in [0, 0.1) is 5.92 Å². The highest BCUT2D eigenvalue weighted by Gasteiger charge is 2.23. The fourth-order valence-electron chi connectivity index (χ4n) is 2.38. The van der Waals surface area contributed by atoms with Crippen LogP contribution in [0.5, 0.6) is 0 Å². The molecule has 0 aromatic carbocycles. The van der Waals surface area contributed by atoms with Gasteiger partial charge in [-0.25, -0.2) is 0 Å². The zero-order chi connectivity index (χ0) is 15.3. The summed E-state index contributed by atoms with van der Waals surface area (Å²) in [5.74, 6) is 0.206. The lowest BCUT2D eigenvalue weighted by Gasteiger charge is -2.25. The van der Waals surface area contributed by atoms with Crippen molar-refractivity contribution < 1.29 is 9.90 Å². The molecule has 0 saturated carbocycles. The summed E-state index contributed by atoms with van der Waals surface area (Å²) in [6.45, 7) is 10.7. The van der Waals surface area contributed by atoms with E-state index in [0.29, 0.717) is 24.6 Å². The van der Waals surface area contributed by atoms with Crippen LogP contribution < -0.4 is 5.32 Å². The van der Waals surface area contributed by atoms with Gasteiger partial charge < -0.3 is 10.4 Å². The van der Waals surface area contributed by atoms with Crippen LogP contribution in [0.3, 0.4) is 0 Å². The number of aliphatic hydroxyl groups is 1. The van der Waals surface area contributed by atoms with E-state index in [2.05, 4.69) is 24.3 Å². The third-order valence-corrected chi connectivity index (χ3v) is 3.20. The summed E-state index contributed by atoms with van der Waals surface area (Å²) in [7, 11) is 0. The SMILES string of the molecule is CCc1cc(C(=O)NCC(C)(O)CC(C)C)n(CC)n1. The lowest BCUT2D eigenvalue weighted by atomic mass is 9.94. The van der Waals surface area contributed by atoms with Gasteiger partial charge in [-0.05, 0) is 38.7 Å². The number of aromatic nitrogens is 2. The maximum absolute atomic E-state index is 12.2. The van der Waals surface area contributed by atoms with Crippen molar-refractivity contribution in [3.8, 4) is 0 Å². The van der Waals surface area contributed by atoms with E-state index in [0.717, 1.165) is 12.1 Å². The van der Waals surface area contributed by atoms with E-state index in [1.165, 1.54) is 0 Å². The van der Waals surface area contributed by atoms with E-state index in [-0.39, 0.29) is 12.5 Å². The number of nitrogens with zero attached hydrogens (tertiary/aromatic N) is 2. The minimum absolute atomic E-state index is 0.178. The van der Waals surface area contributed by atoms with E-state index >= 15 is 0 Å². The lowest BCUT2D eigenvalue weighted by molar-refractivity contribution is 0.0366.